The largest absolute Gasteiger partial charge is 0.395 e. The third-order valence-corrected chi connectivity index (χ3v) is 3.85. The van der Waals surface area contributed by atoms with E-state index in [-0.39, 0.29) is 6.61 Å². The molecule has 19 heavy (non-hydrogen) atoms. The normalized spacial score (nSPS) is 14.8. The summed E-state index contributed by atoms with van der Waals surface area (Å²) in [5.41, 5.74) is 8.23. The zero-order valence-corrected chi connectivity index (χ0v) is 11.0. The second-order valence-electron chi connectivity index (χ2n) is 5.14. The first-order valence-corrected chi connectivity index (χ1v) is 6.93. The summed E-state index contributed by atoms with van der Waals surface area (Å²) in [5.74, 6) is 0. The number of rotatable bonds is 5. The molecule has 0 radical (unpaired) electrons. The molecule has 2 aromatic carbocycles. The summed E-state index contributed by atoms with van der Waals surface area (Å²) < 4.78 is 0. The molecule has 0 atom stereocenters. The maximum absolute atomic E-state index is 9.29. The minimum absolute atomic E-state index is 0.198. The summed E-state index contributed by atoms with van der Waals surface area (Å²) in [6, 6.07) is 13.3. The molecule has 0 aromatic heterocycles. The van der Waals surface area contributed by atoms with Gasteiger partial charge in [-0.2, -0.15) is 0 Å². The van der Waals surface area contributed by atoms with Gasteiger partial charge in [-0.25, -0.2) is 0 Å². The highest BCUT2D eigenvalue weighted by molar-refractivity contribution is 5.96. The van der Waals surface area contributed by atoms with Crippen LogP contribution in [0.2, 0.25) is 0 Å². The molecule has 0 aliphatic heterocycles. The SMILES string of the molecule is NCc1ccc(N(CCO)C2CC2)c2ccccc12. The van der Waals surface area contributed by atoms with E-state index in [4.69, 9.17) is 5.73 Å². The number of hydrogen-bond donors (Lipinski definition) is 2. The first kappa shape index (κ1) is 12.5. The van der Waals surface area contributed by atoms with E-state index in [1.54, 1.807) is 0 Å². The van der Waals surface area contributed by atoms with Gasteiger partial charge < -0.3 is 15.7 Å². The summed E-state index contributed by atoms with van der Waals surface area (Å²) in [5, 5.41) is 11.8. The van der Waals surface area contributed by atoms with Crippen molar-refractivity contribution in [1.82, 2.24) is 0 Å². The molecule has 0 bridgehead atoms. The minimum Gasteiger partial charge on any atom is -0.395 e. The molecule has 0 saturated heterocycles. The zero-order valence-electron chi connectivity index (χ0n) is 11.0. The fourth-order valence-electron chi connectivity index (χ4n) is 2.77. The summed E-state index contributed by atoms with van der Waals surface area (Å²) in [6.07, 6.45) is 2.46. The fraction of sp³-hybridized carbons (Fsp3) is 0.375. The first-order valence-electron chi connectivity index (χ1n) is 6.93. The second-order valence-corrected chi connectivity index (χ2v) is 5.14. The van der Waals surface area contributed by atoms with Crippen LogP contribution in [0.5, 0.6) is 0 Å². The van der Waals surface area contributed by atoms with Crippen molar-refractivity contribution in [1.29, 1.82) is 0 Å². The Hall–Kier alpha value is -1.58. The Morgan fingerprint density at radius 1 is 1.11 bits per heavy atom. The molecule has 0 unspecified atom stereocenters. The Balaban J connectivity index is 2.12. The second kappa shape index (κ2) is 5.19. The number of fused-ring (bicyclic) bond motifs is 1. The molecular weight excluding hydrogens is 236 g/mol. The molecule has 100 valence electrons. The van der Waals surface area contributed by atoms with Crippen LogP contribution in [0.3, 0.4) is 0 Å². The maximum atomic E-state index is 9.29. The lowest BCUT2D eigenvalue weighted by atomic mass is 10.0. The number of benzene rings is 2. The Morgan fingerprint density at radius 2 is 1.84 bits per heavy atom. The molecule has 2 aromatic rings. The highest BCUT2D eigenvalue weighted by Crippen LogP contribution is 2.36. The van der Waals surface area contributed by atoms with Crippen LogP contribution in [0.15, 0.2) is 36.4 Å². The number of aliphatic hydroxyl groups excluding tert-OH is 1. The molecule has 3 N–H and O–H groups in total. The van der Waals surface area contributed by atoms with Gasteiger partial charge >= 0.3 is 0 Å². The summed E-state index contributed by atoms with van der Waals surface area (Å²) in [6.45, 7) is 1.46. The zero-order chi connectivity index (χ0) is 13.2. The first-order chi connectivity index (χ1) is 9.35. The Bertz CT molecular complexity index is 578. The summed E-state index contributed by atoms with van der Waals surface area (Å²) >= 11 is 0. The van der Waals surface area contributed by atoms with E-state index in [0.29, 0.717) is 19.1 Å². The number of aliphatic hydroxyl groups is 1. The predicted molar refractivity (Wildman–Crippen MR) is 79.3 cm³/mol. The van der Waals surface area contributed by atoms with Crippen LogP contribution in [-0.4, -0.2) is 24.3 Å². The van der Waals surface area contributed by atoms with Crippen LogP contribution in [0, 0.1) is 0 Å². The topological polar surface area (TPSA) is 49.5 Å². The van der Waals surface area contributed by atoms with Crippen LogP contribution < -0.4 is 10.6 Å². The molecule has 0 heterocycles. The van der Waals surface area contributed by atoms with Gasteiger partial charge in [0.15, 0.2) is 0 Å². The molecule has 1 fully saturated rings. The molecule has 1 aliphatic rings. The molecule has 0 amide bonds. The van der Waals surface area contributed by atoms with Crippen molar-refractivity contribution >= 4 is 16.5 Å². The molecule has 1 saturated carbocycles. The average Bonchev–Trinajstić information content (AvgIpc) is 3.28. The van der Waals surface area contributed by atoms with E-state index in [1.165, 1.54) is 34.9 Å². The van der Waals surface area contributed by atoms with Gasteiger partial charge in [-0.3, -0.25) is 0 Å². The van der Waals surface area contributed by atoms with Crippen molar-refractivity contribution < 1.29 is 5.11 Å². The molecule has 3 heteroatoms. The third kappa shape index (κ3) is 2.31. The smallest absolute Gasteiger partial charge is 0.0606 e. The molecule has 3 nitrogen and oxygen atoms in total. The lowest BCUT2D eigenvalue weighted by Gasteiger charge is -2.26. The van der Waals surface area contributed by atoms with E-state index < -0.39 is 0 Å². The lowest BCUT2D eigenvalue weighted by Crippen LogP contribution is -2.29. The van der Waals surface area contributed by atoms with Crippen LogP contribution in [-0.2, 0) is 6.54 Å². The minimum atomic E-state index is 0.198. The average molecular weight is 256 g/mol. The summed E-state index contributed by atoms with van der Waals surface area (Å²) in [7, 11) is 0. The maximum Gasteiger partial charge on any atom is 0.0606 e. The number of anilines is 1. The standard InChI is InChI=1S/C16H20N2O/c17-11-12-5-8-16(15-4-2-1-3-14(12)15)18(9-10-19)13-6-7-13/h1-5,8,13,19H,6-7,9-11,17H2. The molecule has 0 spiro atoms. The van der Waals surface area contributed by atoms with Crippen LogP contribution in [0.1, 0.15) is 18.4 Å². The van der Waals surface area contributed by atoms with Gasteiger partial charge in [-0.1, -0.05) is 30.3 Å². The Kier molecular flexibility index (Phi) is 3.40. The predicted octanol–water partition coefficient (Wildman–Crippen LogP) is 2.26. The molecular formula is C16H20N2O. The third-order valence-electron chi connectivity index (χ3n) is 3.85. The van der Waals surface area contributed by atoms with E-state index in [9.17, 15) is 5.11 Å². The van der Waals surface area contributed by atoms with Crippen LogP contribution in [0.25, 0.3) is 10.8 Å². The highest BCUT2D eigenvalue weighted by atomic mass is 16.3. The number of hydrogen-bond acceptors (Lipinski definition) is 3. The summed E-state index contributed by atoms with van der Waals surface area (Å²) in [4.78, 5) is 2.34. The van der Waals surface area contributed by atoms with Crippen molar-refractivity contribution in [3.05, 3.63) is 42.0 Å². The van der Waals surface area contributed by atoms with Crippen molar-refractivity contribution in [2.24, 2.45) is 5.73 Å². The van der Waals surface area contributed by atoms with E-state index in [0.717, 1.165) is 0 Å². The van der Waals surface area contributed by atoms with E-state index in [1.807, 2.05) is 0 Å². The molecule has 1 aliphatic carbocycles. The molecule has 3 rings (SSSR count). The van der Waals surface area contributed by atoms with Crippen molar-refractivity contribution in [2.45, 2.75) is 25.4 Å². The van der Waals surface area contributed by atoms with Gasteiger partial charge in [-0.05, 0) is 29.9 Å². The monoisotopic (exact) mass is 256 g/mol. The van der Waals surface area contributed by atoms with Gasteiger partial charge in [0.05, 0.1) is 6.61 Å². The quantitative estimate of drug-likeness (QED) is 0.862. The Labute approximate surface area is 113 Å². The van der Waals surface area contributed by atoms with E-state index in [2.05, 4.69) is 41.3 Å². The van der Waals surface area contributed by atoms with Gasteiger partial charge in [0, 0.05) is 30.2 Å². The Morgan fingerprint density at radius 3 is 2.47 bits per heavy atom. The lowest BCUT2D eigenvalue weighted by molar-refractivity contribution is 0.301. The number of nitrogens with two attached hydrogens (primary N) is 1. The van der Waals surface area contributed by atoms with Gasteiger partial charge in [-0.15, -0.1) is 0 Å². The van der Waals surface area contributed by atoms with Gasteiger partial charge in [0.25, 0.3) is 0 Å². The van der Waals surface area contributed by atoms with Gasteiger partial charge in [0.2, 0.25) is 0 Å². The van der Waals surface area contributed by atoms with Crippen molar-refractivity contribution in [2.75, 3.05) is 18.1 Å². The number of nitrogens with zero attached hydrogens (tertiary/aromatic N) is 1. The van der Waals surface area contributed by atoms with Crippen LogP contribution in [0.4, 0.5) is 5.69 Å². The van der Waals surface area contributed by atoms with Crippen LogP contribution >= 0.6 is 0 Å². The van der Waals surface area contributed by atoms with Gasteiger partial charge in [0.1, 0.15) is 0 Å². The highest BCUT2D eigenvalue weighted by Gasteiger charge is 2.29. The van der Waals surface area contributed by atoms with E-state index >= 15 is 0 Å². The fourth-order valence-corrected chi connectivity index (χ4v) is 2.77. The van der Waals surface area contributed by atoms with Crippen molar-refractivity contribution in [3.8, 4) is 0 Å². The van der Waals surface area contributed by atoms with Crippen molar-refractivity contribution in [3.63, 3.8) is 0 Å².